The van der Waals surface area contributed by atoms with Gasteiger partial charge in [0.15, 0.2) is 0 Å². The molecule has 0 saturated carbocycles. The molecule has 0 aromatic heterocycles. The molecule has 70 valence electrons. The maximum absolute atomic E-state index is 10.5. The van der Waals surface area contributed by atoms with Crippen LogP contribution in [0.25, 0.3) is 0 Å². The summed E-state index contributed by atoms with van der Waals surface area (Å²) < 4.78 is 7.16. The molecule has 0 atom stereocenters. The van der Waals surface area contributed by atoms with Crippen molar-refractivity contribution in [2.75, 3.05) is 6.61 Å². The predicted molar refractivity (Wildman–Crippen MR) is 63.4 cm³/mol. The molecule has 1 aromatic rings. The van der Waals surface area contributed by atoms with Crippen molar-refractivity contribution in [3.8, 4) is 5.75 Å². The molecule has 0 aliphatic carbocycles. The molecule has 0 fully saturated rings. The van der Waals surface area contributed by atoms with Gasteiger partial charge in [0.2, 0.25) is 0 Å². The summed E-state index contributed by atoms with van der Waals surface area (Å²) >= 11 is 5.50. The lowest BCUT2D eigenvalue weighted by atomic mass is 10.2. The molecule has 2 nitrogen and oxygen atoms in total. The molecule has 0 radical (unpaired) electrons. The van der Waals surface area contributed by atoms with Crippen LogP contribution in [0.5, 0.6) is 5.75 Å². The van der Waals surface area contributed by atoms with E-state index < -0.39 is 0 Å². The van der Waals surface area contributed by atoms with Gasteiger partial charge in [0, 0.05) is 5.56 Å². The Morgan fingerprint density at radius 1 is 1.62 bits per heavy atom. The minimum atomic E-state index is 0.620. The van der Waals surface area contributed by atoms with E-state index in [0.29, 0.717) is 12.2 Å². The van der Waals surface area contributed by atoms with Gasteiger partial charge in [-0.2, -0.15) is 0 Å². The second-order valence-electron chi connectivity index (χ2n) is 2.36. The quantitative estimate of drug-likeness (QED) is 0.615. The maximum Gasteiger partial charge on any atom is 0.150 e. The van der Waals surface area contributed by atoms with Crippen molar-refractivity contribution in [2.24, 2.45) is 0 Å². The van der Waals surface area contributed by atoms with E-state index in [1.165, 1.54) is 0 Å². The largest absolute Gasteiger partial charge is 0.492 e. The fraction of sp³-hybridized carbons (Fsp3) is 0.222. The third-order valence-corrected chi connectivity index (χ3v) is 2.84. The molecule has 0 heterocycles. The van der Waals surface area contributed by atoms with Crippen LogP contribution >= 0.6 is 38.5 Å². The van der Waals surface area contributed by atoms with Crippen LogP contribution in [-0.4, -0.2) is 12.9 Å². The van der Waals surface area contributed by atoms with Crippen LogP contribution in [-0.2, 0) is 0 Å². The summed E-state index contributed by atoms with van der Waals surface area (Å²) in [7, 11) is 0. The molecule has 13 heavy (non-hydrogen) atoms. The van der Waals surface area contributed by atoms with Crippen LogP contribution in [0.2, 0.25) is 0 Å². The minimum Gasteiger partial charge on any atom is -0.492 e. The molecule has 1 aromatic carbocycles. The van der Waals surface area contributed by atoms with E-state index in [0.717, 1.165) is 20.1 Å². The number of hydrogen-bond donors (Lipinski definition) is 0. The van der Waals surface area contributed by atoms with Gasteiger partial charge in [-0.3, -0.25) is 4.79 Å². The summed E-state index contributed by atoms with van der Waals surface area (Å²) in [5.41, 5.74) is 0.653. The molecule has 4 heteroatoms. The number of aldehydes is 1. The van der Waals surface area contributed by atoms with E-state index in [-0.39, 0.29) is 0 Å². The van der Waals surface area contributed by atoms with E-state index in [2.05, 4.69) is 38.5 Å². The van der Waals surface area contributed by atoms with E-state index in [4.69, 9.17) is 4.74 Å². The van der Waals surface area contributed by atoms with Crippen molar-refractivity contribution in [3.05, 3.63) is 25.7 Å². The number of rotatable bonds is 3. The van der Waals surface area contributed by atoms with Crippen molar-refractivity contribution in [1.29, 1.82) is 0 Å². The third-order valence-electron chi connectivity index (χ3n) is 1.45. The summed E-state index contributed by atoms with van der Waals surface area (Å²) in [5, 5.41) is 0. The Hall–Kier alpha value is -0.100. The zero-order valence-electron chi connectivity index (χ0n) is 7.01. The number of hydrogen-bond acceptors (Lipinski definition) is 2. The lowest BCUT2D eigenvalue weighted by Crippen LogP contribution is -1.96. The van der Waals surface area contributed by atoms with Gasteiger partial charge in [-0.25, -0.2) is 0 Å². The zero-order valence-corrected chi connectivity index (χ0v) is 10.8. The van der Waals surface area contributed by atoms with Crippen molar-refractivity contribution in [2.45, 2.75) is 6.92 Å². The Balaban J connectivity index is 3.14. The van der Waals surface area contributed by atoms with Gasteiger partial charge in [-0.1, -0.05) is 0 Å². The average molecular weight is 355 g/mol. The summed E-state index contributed by atoms with van der Waals surface area (Å²) in [6, 6.07) is 3.55. The smallest absolute Gasteiger partial charge is 0.150 e. The highest BCUT2D eigenvalue weighted by Gasteiger charge is 2.07. The van der Waals surface area contributed by atoms with Gasteiger partial charge in [-0.15, -0.1) is 0 Å². The maximum atomic E-state index is 10.5. The molecule has 0 amide bonds. The Labute approximate surface area is 98.9 Å². The van der Waals surface area contributed by atoms with Gasteiger partial charge in [0.25, 0.3) is 0 Å². The van der Waals surface area contributed by atoms with Crippen LogP contribution in [0.1, 0.15) is 17.3 Å². The molecule has 0 aliphatic heterocycles. The van der Waals surface area contributed by atoms with E-state index in [1.54, 1.807) is 12.1 Å². The second-order valence-corrected chi connectivity index (χ2v) is 4.38. The van der Waals surface area contributed by atoms with E-state index in [9.17, 15) is 4.79 Å². The van der Waals surface area contributed by atoms with Crippen molar-refractivity contribution < 1.29 is 9.53 Å². The zero-order chi connectivity index (χ0) is 9.84. The molecule has 0 saturated heterocycles. The van der Waals surface area contributed by atoms with Crippen molar-refractivity contribution in [1.82, 2.24) is 0 Å². The normalized spacial score (nSPS) is 9.77. The topological polar surface area (TPSA) is 26.3 Å². The first-order valence-electron chi connectivity index (χ1n) is 3.76. The van der Waals surface area contributed by atoms with Gasteiger partial charge in [0.1, 0.15) is 12.0 Å². The van der Waals surface area contributed by atoms with Crippen LogP contribution < -0.4 is 4.74 Å². The van der Waals surface area contributed by atoms with Gasteiger partial charge in [0.05, 0.1) is 14.6 Å². The van der Waals surface area contributed by atoms with Crippen LogP contribution in [0.15, 0.2) is 16.6 Å². The fourth-order valence-electron chi connectivity index (χ4n) is 0.930. The summed E-state index contributed by atoms with van der Waals surface area (Å²) in [4.78, 5) is 10.5. The summed E-state index contributed by atoms with van der Waals surface area (Å²) in [5.74, 6) is 0.800. The number of benzene rings is 1. The standard InChI is InChI=1S/C9H8BrIO2/c1-2-13-9-7(10)3-6(5-12)4-8(9)11/h3-5H,2H2,1H3. The SMILES string of the molecule is CCOc1c(Br)cc(C=O)cc1I. The Bertz CT molecular complexity index is 302. The second kappa shape index (κ2) is 4.95. The number of carbonyl (C=O) groups excluding carboxylic acids is 1. The van der Waals surface area contributed by atoms with Crippen LogP contribution in [0, 0.1) is 3.57 Å². The average Bonchev–Trinajstić information content (AvgIpc) is 2.11. The summed E-state index contributed by atoms with van der Waals surface area (Å²) in [6.45, 7) is 2.55. The highest BCUT2D eigenvalue weighted by molar-refractivity contribution is 14.1. The Morgan fingerprint density at radius 3 is 2.77 bits per heavy atom. The monoisotopic (exact) mass is 354 g/mol. The van der Waals surface area contributed by atoms with Crippen molar-refractivity contribution >= 4 is 44.8 Å². The molecule has 0 bridgehead atoms. The van der Waals surface area contributed by atoms with Crippen molar-refractivity contribution in [3.63, 3.8) is 0 Å². The number of halogens is 2. The molecular weight excluding hydrogens is 347 g/mol. The Morgan fingerprint density at radius 2 is 2.31 bits per heavy atom. The summed E-state index contributed by atoms with van der Waals surface area (Å²) in [6.07, 6.45) is 0.822. The van der Waals surface area contributed by atoms with Gasteiger partial charge in [-0.05, 0) is 57.6 Å². The van der Waals surface area contributed by atoms with Gasteiger partial charge < -0.3 is 4.74 Å². The first kappa shape index (κ1) is 11.0. The molecule has 1 rings (SSSR count). The predicted octanol–water partition coefficient (Wildman–Crippen LogP) is 3.26. The molecule has 0 spiro atoms. The molecule has 0 unspecified atom stereocenters. The highest BCUT2D eigenvalue weighted by atomic mass is 127. The van der Waals surface area contributed by atoms with Crippen LogP contribution in [0.3, 0.4) is 0 Å². The lowest BCUT2D eigenvalue weighted by molar-refractivity contribution is 0.112. The molecule has 0 aliphatic rings. The minimum absolute atomic E-state index is 0.620. The van der Waals surface area contributed by atoms with E-state index in [1.807, 2.05) is 6.92 Å². The number of ether oxygens (including phenoxy) is 1. The third kappa shape index (κ3) is 2.67. The fourth-order valence-corrected chi connectivity index (χ4v) is 2.70. The van der Waals surface area contributed by atoms with Gasteiger partial charge >= 0.3 is 0 Å². The molecule has 0 N–H and O–H groups in total. The first-order chi connectivity index (χ1) is 6.19. The highest BCUT2D eigenvalue weighted by Crippen LogP contribution is 2.31. The van der Waals surface area contributed by atoms with Crippen LogP contribution in [0.4, 0.5) is 0 Å². The molecular formula is C9H8BrIO2. The van der Waals surface area contributed by atoms with E-state index >= 15 is 0 Å². The Kier molecular flexibility index (Phi) is 4.18. The lowest BCUT2D eigenvalue weighted by Gasteiger charge is -2.08. The first-order valence-corrected chi connectivity index (χ1v) is 5.63. The number of carbonyl (C=O) groups is 1.